The number of aliphatic carboxylic acids is 1. The molecule has 3 N–H and O–H groups in total. The molecule has 4 aromatic rings. The molecule has 16 nitrogen and oxygen atoms in total. The van der Waals surface area contributed by atoms with Gasteiger partial charge in [0.1, 0.15) is 42.7 Å². The molecule has 49 heavy (non-hydrogen) atoms. The summed E-state index contributed by atoms with van der Waals surface area (Å²) < 4.78 is 18.3. The third-order valence-corrected chi connectivity index (χ3v) is 9.59. The van der Waals surface area contributed by atoms with Gasteiger partial charge in [-0.2, -0.15) is 9.36 Å². The summed E-state index contributed by atoms with van der Waals surface area (Å²) in [5, 5.41) is 18.1. The van der Waals surface area contributed by atoms with Crippen LogP contribution in [0, 0.1) is 0 Å². The van der Waals surface area contributed by atoms with Crippen LogP contribution >= 0.6 is 23.3 Å². The van der Waals surface area contributed by atoms with E-state index in [9.17, 15) is 24.3 Å². The molecular formula is C31H30N8O8S2. The molecule has 0 spiro atoms. The molecule has 2 amide bonds. The van der Waals surface area contributed by atoms with E-state index in [2.05, 4.69) is 19.8 Å². The maximum Gasteiger partial charge on any atom is 0.353 e. The van der Waals surface area contributed by atoms with Gasteiger partial charge in [-0.15, -0.1) is 11.8 Å². The molecule has 254 valence electrons. The number of carbonyl (C=O) groups excluding carboxylic acids is 4. The molecule has 0 saturated carbocycles. The van der Waals surface area contributed by atoms with Gasteiger partial charge in [0, 0.05) is 28.9 Å². The number of hydrogen-bond donors (Lipinski definition) is 2. The Bertz CT molecular complexity index is 2010. The molecule has 5 heterocycles. The van der Waals surface area contributed by atoms with Crippen molar-refractivity contribution in [2.75, 3.05) is 18.6 Å². The fraction of sp³-hybridized carbons (Fsp3) is 0.290. The molecule has 0 unspecified atom stereocenters. The first-order chi connectivity index (χ1) is 23.5. The van der Waals surface area contributed by atoms with Crippen molar-refractivity contribution in [3.05, 3.63) is 83.7 Å². The minimum atomic E-state index is -1.66. The van der Waals surface area contributed by atoms with Gasteiger partial charge in [-0.3, -0.25) is 14.5 Å². The van der Waals surface area contributed by atoms with Gasteiger partial charge in [0.05, 0.1) is 25.0 Å². The van der Waals surface area contributed by atoms with Crippen LogP contribution in [-0.2, 0) is 41.9 Å². The Morgan fingerprint density at radius 1 is 1.18 bits per heavy atom. The number of methoxy groups -OCH3 is 1. The Morgan fingerprint density at radius 3 is 2.65 bits per heavy atom. The minimum absolute atomic E-state index is 0.0348. The number of benzene rings is 1. The molecule has 1 fully saturated rings. The van der Waals surface area contributed by atoms with E-state index in [1.807, 2.05) is 45.8 Å². The zero-order valence-corrected chi connectivity index (χ0v) is 28.0. The Hall–Kier alpha value is -5.49. The number of carbonyl (C=O) groups is 4. The molecular weight excluding hydrogens is 677 g/mol. The van der Waals surface area contributed by atoms with Gasteiger partial charge in [0.2, 0.25) is 17.1 Å². The summed E-state index contributed by atoms with van der Waals surface area (Å²) in [6.07, 6.45) is 5.53. The zero-order valence-electron chi connectivity index (χ0n) is 26.4. The third-order valence-electron chi connectivity index (χ3n) is 7.71. The molecule has 0 aliphatic carbocycles. The van der Waals surface area contributed by atoms with Crippen molar-refractivity contribution < 1.29 is 43.2 Å². The summed E-state index contributed by atoms with van der Waals surface area (Å²) in [6, 6.07) is 11.4. The number of aromatic nitrogens is 4. The van der Waals surface area contributed by atoms with Crippen LogP contribution in [0.3, 0.4) is 0 Å². The van der Waals surface area contributed by atoms with Gasteiger partial charge >= 0.3 is 5.97 Å². The number of carboxylic acids is 1. The van der Waals surface area contributed by atoms with Crippen LogP contribution in [0.4, 0.5) is 5.13 Å². The summed E-state index contributed by atoms with van der Waals surface area (Å²) in [5.74, 6) is -3.11. The molecule has 6 rings (SSSR count). The number of β-lactam (4-membered cyclic amide) rings is 1. The number of hydrogen-bond acceptors (Lipinski definition) is 14. The lowest BCUT2D eigenvalue weighted by Gasteiger charge is -2.50. The van der Waals surface area contributed by atoms with Crippen LogP contribution in [0.1, 0.15) is 25.2 Å². The van der Waals surface area contributed by atoms with E-state index < -0.39 is 46.5 Å². The monoisotopic (exact) mass is 706 g/mol. The maximum absolute atomic E-state index is 13.6. The lowest BCUT2D eigenvalue weighted by Crippen LogP contribution is -2.71. The SMILES string of the molecule is COc1ccc(COC(=O)C(C)(C)O/N=C(\C(=O)N[C@@H]2C(=O)N3C(C(=O)[O-])=C(C[n+]4ccn5ccccc54)CS[C@H]23)c2nsc(N)n2)cc1. The van der Waals surface area contributed by atoms with Crippen LogP contribution in [0.15, 0.2) is 77.5 Å². The topological polar surface area (TPSA) is 207 Å². The molecule has 2 atom stereocenters. The summed E-state index contributed by atoms with van der Waals surface area (Å²) >= 11 is 2.09. The maximum atomic E-state index is 13.6. The van der Waals surface area contributed by atoms with Crippen LogP contribution < -0.4 is 25.5 Å². The fourth-order valence-electron chi connectivity index (χ4n) is 5.14. The largest absolute Gasteiger partial charge is 0.543 e. The average Bonchev–Trinajstić information content (AvgIpc) is 3.71. The molecule has 1 saturated heterocycles. The summed E-state index contributed by atoms with van der Waals surface area (Å²) in [6.45, 7) is 2.96. The van der Waals surface area contributed by atoms with Crippen molar-refractivity contribution in [3.63, 3.8) is 0 Å². The number of ether oxygens (including phenoxy) is 2. The van der Waals surface area contributed by atoms with Crippen molar-refractivity contribution in [2.45, 2.75) is 44.0 Å². The van der Waals surface area contributed by atoms with Gasteiger partial charge in [-0.1, -0.05) is 23.4 Å². The highest BCUT2D eigenvalue weighted by Crippen LogP contribution is 2.40. The second kappa shape index (κ2) is 13.6. The highest BCUT2D eigenvalue weighted by molar-refractivity contribution is 8.00. The second-order valence-electron chi connectivity index (χ2n) is 11.4. The quantitative estimate of drug-likeness (QED) is 0.0657. The normalized spacial score (nSPS) is 17.7. The highest BCUT2D eigenvalue weighted by atomic mass is 32.2. The van der Waals surface area contributed by atoms with Crippen molar-refractivity contribution in [3.8, 4) is 5.75 Å². The Morgan fingerprint density at radius 2 is 1.96 bits per heavy atom. The van der Waals surface area contributed by atoms with E-state index in [1.165, 1.54) is 25.6 Å². The fourth-order valence-corrected chi connectivity index (χ4v) is 6.91. The lowest BCUT2D eigenvalue weighted by atomic mass is 10.0. The van der Waals surface area contributed by atoms with Gasteiger partial charge in [-0.05, 0) is 37.6 Å². The van der Waals surface area contributed by atoms with Crippen LogP contribution in [-0.4, -0.2) is 78.0 Å². The summed E-state index contributed by atoms with van der Waals surface area (Å²) in [4.78, 5) is 62.8. The van der Waals surface area contributed by atoms with Crippen LogP contribution in [0.25, 0.3) is 5.65 Å². The molecule has 0 radical (unpaired) electrons. The van der Waals surface area contributed by atoms with Crippen LogP contribution in [0.5, 0.6) is 5.75 Å². The standard InChI is InChI=1S/C31H30N8O8S2/c1-31(2,29(44)46-15-17-7-9-19(45-3)10-8-17)47-35-21(24-34-30(32)49-36-24)25(40)33-22-26(41)39-23(28(42)43)18(16-48-27(22)39)14-38-13-12-37-11-5-4-6-20(37)38/h4-13,22,27H,14-16H2,1-3H3,(H3-,32,33,34,36,40,42,43)/b35-21-/t22-,27-/m1/s1. The Kier molecular flexibility index (Phi) is 9.24. The van der Waals surface area contributed by atoms with Gasteiger partial charge < -0.3 is 35.3 Å². The van der Waals surface area contributed by atoms with E-state index in [0.717, 1.165) is 22.1 Å². The van der Waals surface area contributed by atoms with Crippen molar-refractivity contribution in [1.29, 1.82) is 0 Å². The molecule has 2 aliphatic heterocycles. The number of amides is 2. The Labute approximate surface area is 287 Å². The number of nitrogens with zero attached hydrogens (tertiary/aromatic N) is 6. The number of nitrogens with one attached hydrogen (secondary N) is 1. The number of pyridine rings is 1. The highest BCUT2D eigenvalue weighted by Gasteiger charge is 2.53. The number of nitrogen functional groups attached to an aromatic ring is 1. The van der Waals surface area contributed by atoms with E-state index in [1.54, 1.807) is 31.4 Å². The molecule has 18 heteroatoms. The molecule has 3 aromatic heterocycles. The first kappa shape index (κ1) is 33.4. The Balaban J connectivity index is 1.16. The minimum Gasteiger partial charge on any atom is -0.543 e. The second-order valence-corrected chi connectivity index (χ2v) is 13.3. The first-order valence-electron chi connectivity index (χ1n) is 14.8. The number of esters is 1. The zero-order chi connectivity index (χ0) is 34.9. The van der Waals surface area contributed by atoms with Crippen molar-refractivity contribution in [2.24, 2.45) is 5.16 Å². The van der Waals surface area contributed by atoms with E-state index in [0.29, 0.717) is 16.9 Å². The number of rotatable bonds is 12. The van der Waals surface area contributed by atoms with E-state index in [4.69, 9.17) is 20.0 Å². The number of anilines is 1. The predicted octanol–water partition coefficient (Wildman–Crippen LogP) is 0.0159. The van der Waals surface area contributed by atoms with Crippen LogP contribution in [0.2, 0.25) is 0 Å². The number of fused-ring (bicyclic) bond motifs is 2. The number of imidazole rings is 1. The summed E-state index contributed by atoms with van der Waals surface area (Å²) in [7, 11) is 1.54. The summed E-state index contributed by atoms with van der Waals surface area (Å²) in [5.41, 5.74) is 5.42. The smallest absolute Gasteiger partial charge is 0.353 e. The van der Waals surface area contributed by atoms with Crippen molar-refractivity contribution >= 4 is 63.5 Å². The number of carboxylic acid groups (broad SMARTS) is 1. The molecule has 0 bridgehead atoms. The number of nitrogens with two attached hydrogens (primary N) is 1. The van der Waals surface area contributed by atoms with E-state index in [-0.39, 0.29) is 35.6 Å². The number of oxime groups is 1. The van der Waals surface area contributed by atoms with Crippen molar-refractivity contribution in [1.82, 2.24) is 24.0 Å². The number of thioether (sulfide) groups is 1. The van der Waals surface area contributed by atoms with E-state index >= 15 is 0 Å². The predicted molar refractivity (Wildman–Crippen MR) is 173 cm³/mol. The lowest BCUT2D eigenvalue weighted by molar-refractivity contribution is -0.662. The van der Waals surface area contributed by atoms with Gasteiger partial charge in [-0.25, -0.2) is 13.8 Å². The molecule has 1 aromatic carbocycles. The first-order valence-corrected chi connectivity index (χ1v) is 16.6. The van der Waals surface area contributed by atoms with Gasteiger partial charge in [0.25, 0.3) is 17.5 Å². The molecule has 2 aliphatic rings. The third kappa shape index (κ3) is 6.77. The average molecular weight is 707 g/mol. The van der Waals surface area contributed by atoms with Gasteiger partial charge in [0.15, 0.2) is 5.13 Å².